The van der Waals surface area contributed by atoms with Gasteiger partial charge < -0.3 is 0 Å². The van der Waals surface area contributed by atoms with Crippen LogP contribution in [0.1, 0.15) is 33.1 Å². The maximum absolute atomic E-state index is 6.42. The van der Waals surface area contributed by atoms with Crippen molar-refractivity contribution >= 4 is 5.71 Å². The van der Waals surface area contributed by atoms with Gasteiger partial charge in [-0.3, -0.25) is 0 Å². The molecule has 1 saturated carbocycles. The van der Waals surface area contributed by atoms with Gasteiger partial charge in [0.1, 0.15) is 0 Å². The number of nitrogens with two attached hydrogens (primary N) is 1. The SMILES string of the molecule is CC[C@@H]1C[C@]1(C[C@H](C)C1=NNC[C@H](N[I-]C)C=C1)[C@]1(N)CO1. The zero-order valence-corrected chi connectivity index (χ0v) is 15.9. The number of nitrogens with zero attached hydrogens (tertiary/aromatic N) is 1. The van der Waals surface area contributed by atoms with Crippen LogP contribution in [0.25, 0.3) is 0 Å². The molecule has 0 radical (unpaired) electrons. The number of halogens is 1. The molecule has 1 aliphatic carbocycles. The van der Waals surface area contributed by atoms with Crippen LogP contribution in [-0.2, 0) is 4.74 Å². The van der Waals surface area contributed by atoms with E-state index in [9.17, 15) is 0 Å². The van der Waals surface area contributed by atoms with Crippen molar-refractivity contribution in [3.63, 3.8) is 0 Å². The summed E-state index contributed by atoms with van der Waals surface area (Å²) >= 11 is 0.0857. The fourth-order valence-electron chi connectivity index (χ4n) is 3.92. The van der Waals surface area contributed by atoms with E-state index >= 15 is 0 Å². The molecule has 5 atom stereocenters. The molecular weight excluding hydrogens is 391 g/mol. The number of epoxide rings is 1. The Bertz CT molecular complexity index is 477. The molecule has 0 spiro atoms. The van der Waals surface area contributed by atoms with E-state index in [2.05, 4.69) is 45.0 Å². The first-order valence-corrected chi connectivity index (χ1v) is 11.4. The first-order valence-electron chi connectivity index (χ1n) is 8.20. The number of hydrazone groups is 1. The van der Waals surface area contributed by atoms with Gasteiger partial charge in [-0.2, -0.15) is 0 Å². The Morgan fingerprint density at radius 1 is 1.64 bits per heavy atom. The third-order valence-electron chi connectivity index (χ3n) is 5.47. The molecule has 5 nitrogen and oxygen atoms in total. The van der Waals surface area contributed by atoms with Crippen LogP contribution in [0.15, 0.2) is 17.3 Å². The average Bonchev–Trinajstić information content (AvgIpc) is 3.37. The van der Waals surface area contributed by atoms with E-state index in [1.54, 1.807) is 0 Å². The van der Waals surface area contributed by atoms with Gasteiger partial charge in [0, 0.05) is 0 Å². The summed E-state index contributed by atoms with van der Waals surface area (Å²) < 4.78 is 9.16. The van der Waals surface area contributed by atoms with Crippen molar-refractivity contribution in [2.75, 3.05) is 18.1 Å². The van der Waals surface area contributed by atoms with Crippen LogP contribution < -0.4 is 36.2 Å². The molecule has 2 heterocycles. The second kappa shape index (κ2) is 6.37. The van der Waals surface area contributed by atoms with Gasteiger partial charge in [0.15, 0.2) is 0 Å². The van der Waals surface area contributed by atoms with Crippen LogP contribution in [0, 0.1) is 17.3 Å². The molecule has 3 aliphatic rings. The van der Waals surface area contributed by atoms with Crippen LogP contribution in [0.4, 0.5) is 0 Å². The molecule has 1 saturated heterocycles. The van der Waals surface area contributed by atoms with E-state index in [4.69, 9.17) is 10.5 Å². The zero-order chi connectivity index (χ0) is 15.8. The van der Waals surface area contributed by atoms with E-state index in [1.807, 2.05) is 0 Å². The summed E-state index contributed by atoms with van der Waals surface area (Å²) in [6.45, 7) is 6.12. The number of ether oxygens (including phenoxy) is 1. The van der Waals surface area contributed by atoms with Gasteiger partial charge >= 0.3 is 144 Å². The molecule has 6 heteroatoms. The Morgan fingerprint density at radius 3 is 3.00 bits per heavy atom. The normalized spacial score (nSPS) is 41.5. The molecule has 3 rings (SSSR count). The predicted octanol–water partition coefficient (Wildman–Crippen LogP) is -1.78. The van der Waals surface area contributed by atoms with Crippen molar-refractivity contribution < 1.29 is 26.2 Å². The van der Waals surface area contributed by atoms with Crippen molar-refractivity contribution in [2.24, 2.45) is 28.1 Å². The first-order chi connectivity index (χ1) is 10.5. The number of alkyl halides is 1. The van der Waals surface area contributed by atoms with E-state index in [0.717, 1.165) is 25.3 Å². The van der Waals surface area contributed by atoms with Crippen LogP contribution in [0.5, 0.6) is 0 Å². The molecule has 0 amide bonds. The van der Waals surface area contributed by atoms with Crippen molar-refractivity contribution in [2.45, 2.75) is 44.9 Å². The molecule has 0 unspecified atom stereocenters. The molecule has 0 aromatic heterocycles. The summed E-state index contributed by atoms with van der Waals surface area (Å²) in [4.78, 5) is 2.24. The summed E-state index contributed by atoms with van der Waals surface area (Å²) in [6.07, 6.45) is 7.92. The standard InChI is InChI=1S/C16H28IN4O/c1-4-12-8-15(12,16(18)10-22-16)7-11(2)14-6-5-13(20-17-3)9-19-21-14/h5-6,11-13,19-20H,4,7-10,18H2,1-3H3/q-1/t11-,12+,13+,15-,16-/m0/s1. The van der Waals surface area contributed by atoms with Gasteiger partial charge in [0.25, 0.3) is 0 Å². The Hall–Kier alpha value is -0.180. The molecule has 0 aromatic rings. The monoisotopic (exact) mass is 419 g/mol. The predicted molar refractivity (Wildman–Crippen MR) is 84.9 cm³/mol. The molecule has 4 N–H and O–H groups in total. The quantitative estimate of drug-likeness (QED) is 0.198. The number of nitrogens with one attached hydrogen (secondary N) is 2. The second-order valence-electron chi connectivity index (χ2n) is 6.91. The number of allylic oxidation sites excluding steroid dienone is 1. The summed E-state index contributed by atoms with van der Waals surface area (Å²) in [6, 6.07) is 0.400. The molecule has 126 valence electrons. The molecular formula is C16H28IN4O-. The summed E-state index contributed by atoms with van der Waals surface area (Å²) in [5.74, 6) is 1.12. The fraction of sp³-hybridized carbons (Fsp3) is 0.812. The van der Waals surface area contributed by atoms with Crippen molar-refractivity contribution in [3.8, 4) is 0 Å². The second-order valence-corrected chi connectivity index (χ2v) is 8.61. The van der Waals surface area contributed by atoms with E-state index in [-0.39, 0.29) is 32.6 Å². The Morgan fingerprint density at radius 2 is 2.41 bits per heavy atom. The molecule has 2 fully saturated rings. The first kappa shape index (κ1) is 16.7. The van der Waals surface area contributed by atoms with Gasteiger partial charge in [-0.25, -0.2) is 0 Å². The van der Waals surface area contributed by atoms with E-state index in [1.165, 1.54) is 12.8 Å². The zero-order valence-electron chi connectivity index (χ0n) is 13.7. The Labute approximate surface area is 144 Å². The van der Waals surface area contributed by atoms with Crippen molar-refractivity contribution in [3.05, 3.63) is 12.2 Å². The molecule has 22 heavy (non-hydrogen) atoms. The molecule has 0 bridgehead atoms. The maximum atomic E-state index is 6.42. The number of rotatable bonds is 7. The minimum atomic E-state index is -0.360. The third kappa shape index (κ3) is 3.07. The fourth-order valence-corrected chi connectivity index (χ4v) is 5.15. The summed E-state index contributed by atoms with van der Waals surface area (Å²) in [7, 11) is 0. The minimum absolute atomic E-state index is 0.0857. The summed E-state index contributed by atoms with van der Waals surface area (Å²) in [5.41, 5.74) is 10.6. The van der Waals surface area contributed by atoms with Gasteiger partial charge in [-0.05, 0) is 0 Å². The Kier molecular flexibility index (Phi) is 4.83. The van der Waals surface area contributed by atoms with Crippen molar-refractivity contribution in [1.29, 1.82) is 0 Å². The summed E-state index contributed by atoms with van der Waals surface area (Å²) in [5, 5.41) is 4.59. The molecule has 2 aliphatic heterocycles. The van der Waals surface area contributed by atoms with Crippen molar-refractivity contribution in [1.82, 2.24) is 8.96 Å². The van der Waals surface area contributed by atoms with Crippen LogP contribution in [0.3, 0.4) is 0 Å². The van der Waals surface area contributed by atoms with Gasteiger partial charge in [0.05, 0.1) is 0 Å². The van der Waals surface area contributed by atoms with Gasteiger partial charge in [0.2, 0.25) is 0 Å². The molecule has 0 aromatic carbocycles. The van der Waals surface area contributed by atoms with Gasteiger partial charge in [-0.1, -0.05) is 0 Å². The topological polar surface area (TPSA) is 75.0 Å². The Balaban J connectivity index is 1.65. The van der Waals surface area contributed by atoms with E-state index < -0.39 is 0 Å². The van der Waals surface area contributed by atoms with Gasteiger partial charge in [-0.15, -0.1) is 0 Å². The van der Waals surface area contributed by atoms with Crippen LogP contribution in [-0.4, -0.2) is 35.6 Å². The third-order valence-corrected chi connectivity index (χ3v) is 6.89. The number of hydrogen-bond donors (Lipinski definition) is 3. The van der Waals surface area contributed by atoms with E-state index in [0.29, 0.717) is 17.9 Å². The average molecular weight is 419 g/mol. The van der Waals surface area contributed by atoms with Crippen LogP contribution in [0.2, 0.25) is 0 Å². The van der Waals surface area contributed by atoms with Crippen LogP contribution >= 0.6 is 0 Å². The number of hydrogen-bond acceptors (Lipinski definition) is 5.